The van der Waals surface area contributed by atoms with Crippen LogP contribution in [0, 0.1) is 30.7 Å². The highest BCUT2D eigenvalue weighted by atomic mass is 35.5. The molecule has 4 rings (SSSR count). The third-order valence-electron chi connectivity index (χ3n) is 5.02. The van der Waals surface area contributed by atoms with Crippen LogP contribution in [-0.4, -0.2) is 6.03 Å². The number of fused-ring (bicyclic) bond motifs is 1. The predicted octanol–water partition coefficient (Wildman–Crippen LogP) is 6.33. The molecule has 0 unspecified atom stereocenters. The van der Waals surface area contributed by atoms with Gasteiger partial charge in [-0.1, -0.05) is 29.8 Å². The van der Waals surface area contributed by atoms with Crippen molar-refractivity contribution in [1.82, 2.24) is 0 Å². The van der Waals surface area contributed by atoms with Gasteiger partial charge in [0.2, 0.25) is 11.7 Å². The van der Waals surface area contributed by atoms with Crippen LogP contribution < -0.4 is 15.4 Å². The Balaban J connectivity index is 1.86. The molecule has 4 aromatic rings. The van der Waals surface area contributed by atoms with Gasteiger partial charge >= 0.3 is 6.03 Å². The van der Waals surface area contributed by atoms with Gasteiger partial charge in [0.25, 0.3) is 0 Å². The van der Waals surface area contributed by atoms with Crippen molar-refractivity contribution in [1.29, 1.82) is 0 Å². The summed E-state index contributed by atoms with van der Waals surface area (Å²) in [6, 6.07) is 12.8. The summed E-state index contributed by atoms with van der Waals surface area (Å²) in [6.07, 6.45) is 1.24. The Morgan fingerprint density at radius 1 is 1.00 bits per heavy atom. The number of amides is 2. The van der Waals surface area contributed by atoms with Crippen LogP contribution >= 0.6 is 11.6 Å². The van der Waals surface area contributed by atoms with E-state index >= 15 is 0 Å². The van der Waals surface area contributed by atoms with Gasteiger partial charge in [0.1, 0.15) is 17.3 Å². The van der Waals surface area contributed by atoms with Gasteiger partial charge in [0.15, 0.2) is 0 Å². The van der Waals surface area contributed by atoms with E-state index in [0.717, 1.165) is 23.3 Å². The van der Waals surface area contributed by atoms with Crippen molar-refractivity contribution in [2.45, 2.75) is 13.8 Å². The number of urea groups is 1. The van der Waals surface area contributed by atoms with E-state index < -0.39 is 17.7 Å². The Bertz CT molecular complexity index is 1380. The smallest absolute Gasteiger partial charge is 0.323 e. The van der Waals surface area contributed by atoms with E-state index in [4.69, 9.17) is 11.6 Å². The number of rotatable bonds is 3. The minimum absolute atomic E-state index is 0.186. The molecule has 1 heterocycles. The molecule has 0 saturated heterocycles. The maximum atomic E-state index is 14.0. The van der Waals surface area contributed by atoms with Crippen LogP contribution in [0.2, 0.25) is 5.02 Å². The first-order valence-electron chi connectivity index (χ1n) is 9.69. The molecule has 0 spiro atoms. The van der Waals surface area contributed by atoms with E-state index in [1.165, 1.54) is 6.20 Å². The van der Waals surface area contributed by atoms with Gasteiger partial charge < -0.3 is 15.8 Å². The van der Waals surface area contributed by atoms with Crippen molar-refractivity contribution >= 4 is 39.9 Å². The summed E-state index contributed by atoms with van der Waals surface area (Å²) in [7, 11) is 0. The average Bonchev–Trinajstić information content (AvgIpc) is 2.70. The SMILES string of the molecule is Cc1cc(C)c2c(c1)c(-c1ccccc1Cl)c(NC(=O)Nc1ccc(F)cc1F)c[n+]2[O-]. The highest BCUT2D eigenvalue weighted by molar-refractivity contribution is 6.34. The summed E-state index contributed by atoms with van der Waals surface area (Å²) < 4.78 is 27.8. The lowest BCUT2D eigenvalue weighted by Gasteiger charge is -2.17. The summed E-state index contributed by atoms with van der Waals surface area (Å²) in [5.74, 6) is -1.68. The summed E-state index contributed by atoms with van der Waals surface area (Å²) >= 11 is 6.45. The number of carbonyl (C=O) groups excluding carboxylic acids is 1. The van der Waals surface area contributed by atoms with Gasteiger partial charge in [-0.05, 0) is 49.7 Å². The van der Waals surface area contributed by atoms with Gasteiger partial charge in [-0.25, -0.2) is 13.6 Å². The fourth-order valence-corrected chi connectivity index (χ4v) is 3.98. The Morgan fingerprint density at radius 3 is 2.44 bits per heavy atom. The standard InChI is InChI=1S/C24H18ClF2N3O2/c1-13-9-14(2)23-17(10-13)22(16-5-3-4-6-18(16)25)21(12-30(23)32)29-24(31)28-20-8-7-15(26)11-19(20)27/h3-12H,1-2H3,(H2,28,29,31). The van der Waals surface area contributed by atoms with Gasteiger partial charge in [-0.3, -0.25) is 0 Å². The fourth-order valence-electron chi connectivity index (χ4n) is 3.75. The van der Waals surface area contributed by atoms with E-state index in [1.54, 1.807) is 24.3 Å². The number of aromatic nitrogens is 1. The van der Waals surface area contributed by atoms with Crippen LogP contribution in [0.15, 0.2) is 60.8 Å². The predicted molar refractivity (Wildman–Crippen MR) is 122 cm³/mol. The summed E-state index contributed by atoms with van der Waals surface area (Å²) in [5.41, 5.74) is 3.30. The van der Waals surface area contributed by atoms with E-state index in [9.17, 15) is 18.8 Å². The largest absolute Gasteiger partial charge is 0.618 e. The number of anilines is 2. The first kappa shape index (κ1) is 21.5. The van der Waals surface area contributed by atoms with Crippen molar-refractivity contribution < 1.29 is 18.3 Å². The lowest BCUT2D eigenvalue weighted by Crippen LogP contribution is -2.30. The van der Waals surface area contributed by atoms with Crippen LogP contribution in [0.4, 0.5) is 25.0 Å². The maximum Gasteiger partial charge on any atom is 0.323 e. The minimum Gasteiger partial charge on any atom is -0.618 e. The van der Waals surface area contributed by atoms with Crippen LogP contribution in [0.25, 0.3) is 22.0 Å². The van der Waals surface area contributed by atoms with Crippen molar-refractivity contribution in [3.05, 3.63) is 93.8 Å². The number of aryl methyl sites for hydroxylation is 2. The second-order valence-electron chi connectivity index (χ2n) is 7.40. The number of nitrogens with zero attached hydrogens (tertiary/aromatic N) is 1. The molecule has 2 amide bonds. The molecule has 0 saturated carbocycles. The van der Waals surface area contributed by atoms with Gasteiger partial charge in [0, 0.05) is 27.8 Å². The molecule has 5 nitrogen and oxygen atoms in total. The molecule has 1 aromatic heterocycles. The molecule has 32 heavy (non-hydrogen) atoms. The maximum absolute atomic E-state index is 14.0. The van der Waals surface area contributed by atoms with Crippen molar-refractivity contribution in [3.63, 3.8) is 0 Å². The van der Waals surface area contributed by atoms with Crippen molar-refractivity contribution in [2.75, 3.05) is 10.6 Å². The molecule has 0 bridgehead atoms. The van der Waals surface area contributed by atoms with Crippen LogP contribution in [-0.2, 0) is 0 Å². The van der Waals surface area contributed by atoms with E-state index in [-0.39, 0.29) is 11.4 Å². The molecule has 0 radical (unpaired) electrons. The van der Waals surface area contributed by atoms with Crippen LogP contribution in [0.5, 0.6) is 0 Å². The normalized spacial score (nSPS) is 10.9. The zero-order valence-electron chi connectivity index (χ0n) is 17.2. The number of nitrogens with one attached hydrogen (secondary N) is 2. The Labute approximate surface area is 187 Å². The van der Waals surface area contributed by atoms with Gasteiger partial charge in [-0.15, -0.1) is 0 Å². The number of hydrogen-bond acceptors (Lipinski definition) is 2. The topological polar surface area (TPSA) is 68.1 Å². The zero-order chi connectivity index (χ0) is 23.0. The minimum atomic E-state index is -0.921. The lowest BCUT2D eigenvalue weighted by molar-refractivity contribution is -0.576. The highest BCUT2D eigenvalue weighted by Crippen LogP contribution is 2.39. The Morgan fingerprint density at radius 2 is 1.72 bits per heavy atom. The fraction of sp³-hybridized carbons (Fsp3) is 0.0833. The van der Waals surface area contributed by atoms with E-state index in [2.05, 4.69) is 10.6 Å². The quantitative estimate of drug-likeness (QED) is 0.281. The Hall–Kier alpha value is -3.71. The molecule has 3 aromatic carbocycles. The molecule has 0 atom stereocenters. The number of hydrogen-bond donors (Lipinski definition) is 2. The van der Waals surface area contributed by atoms with Crippen LogP contribution in [0.1, 0.15) is 11.1 Å². The second kappa shape index (κ2) is 8.43. The average molecular weight is 454 g/mol. The molecule has 0 aliphatic heterocycles. The monoisotopic (exact) mass is 453 g/mol. The van der Waals surface area contributed by atoms with E-state index in [1.807, 2.05) is 26.0 Å². The first-order valence-corrected chi connectivity index (χ1v) is 10.1. The molecule has 0 fully saturated rings. The molecule has 8 heteroatoms. The summed E-state index contributed by atoms with van der Waals surface area (Å²) in [4.78, 5) is 12.6. The van der Waals surface area contributed by atoms with Crippen LogP contribution in [0.3, 0.4) is 0 Å². The molecule has 2 N–H and O–H groups in total. The van der Waals surface area contributed by atoms with Crippen molar-refractivity contribution in [2.24, 2.45) is 0 Å². The number of halogens is 3. The number of carbonyl (C=O) groups is 1. The summed E-state index contributed by atoms with van der Waals surface area (Å²) in [5, 5.41) is 18.8. The molecular weight excluding hydrogens is 436 g/mol. The lowest BCUT2D eigenvalue weighted by atomic mass is 9.96. The van der Waals surface area contributed by atoms with E-state index in [0.29, 0.717) is 37.8 Å². The highest BCUT2D eigenvalue weighted by Gasteiger charge is 2.22. The van der Waals surface area contributed by atoms with Crippen molar-refractivity contribution in [3.8, 4) is 11.1 Å². The molecule has 0 aliphatic carbocycles. The summed E-state index contributed by atoms with van der Waals surface area (Å²) in [6.45, 7) is 3.74. The third kappa shape index (κ3) is 4.07. The third-order valence-corrected chi connectivity index (χ3v) is 5.35. The number of pyridine rings is 1. The van der Waals surface area contributed by atoms with Gasteiger partial charge in [-0.2, -0.15) is 4.73 Å². The Kier molecular flexibility index (Phi) is 5.67. The zero-order valence-corrected chi connectivity index (χ0v) is 17.9. The van der Waals surface area contributed by atoms with Gasteiger partial charge in [0.05, 0.1) is 11.1 Å². The molecule has 0 aliphatic rings. The second-order valence-corrected chi connectivity index (χ2v) is 7.81. The number of benzene rings is 3. The first-order chi connectivity index (χ1) is 15.2. The molecule has 162 valence electrons. The molecular formula is C24H18ClF2N3O2.